The SMILES string of the molecule is COc1cccc(-c2cccc(NC(=O)C=Cc3ccc(Cl)cc3)c2)c1. The Hall–Kier alpha value is -3.04. The van der Waals surface area contributed by atoms with Crippen LogP contribution in [0.1, 0.15) is 5.56 Å². The Bertz CT molecular complexity index is 933. The number of ether oxygens (including phenoxy) is 1. The minimum Gasteiger partial charge on any atom is -0.497 e. The van der Waals surface area contributed by atoms with Gasteiger partial charge >= 0.3 is 0 Å². The number of hydrogen-bond donors (Lipinski definition) is 1. The second-order valence-corrected chi connectivity index (χ2v) is 6.12. The van der Waals surface area contributed by atoms with Crippen LogP contribution in [0.2, 0.25) is 5.02 Å². The van der Waals surface area contributed by atoms with E-state index >= 15 is 0 Å². The highest BCUT2D eigenvalue weighted by Crippen LogP contribution is 2.26. The van der Waals surface area contributed by atoms with Crippen LogP contribution in [-0.4, -0.2) is 13.0 Å². The van der Waals surface area contributed by atoms with Gasteiger partial charge in [-0.15, -0.1) is 0 Å². The van der Waals surface area contributed by atoms with E-state index in [-0.39, 0.29) is 5.91 Å². The molecule has 4 heteroatoms. The lowest BCUT2D eigenvalue weighted by atomic mass is 10.0. The number of carbonyl (C=O) groups is 1. The molecular formula is C22H18ClNO2. The maximum Gasteiger partial charge on any atom is 0.248 e. The molecule has 0 heterocycles. The Morgan fingerprint density at radius 2 is 1.65 bits per heavy atom. The average molecular weight is 364 g/mol. The maximum atomic E-state index is 12.2. The first-order valence-corrected chi connectivity index (χ1v) is 8.51. The van der Waals surface area contributed by atoms with Crippen LogP contribution in [0.5, 0.6) is 5.75 Å². The third-order valence-corrected chi connectivity index (χ3v) is 4.08. The molecule has 3 rings (SSSR count). The van der Waals surface area contributed by atoms with E-state index in [4.69, 9.17) is 16.3 Å². The van der Waals surface area contributed by atoms with E-state index in [0.29, 0.717) is 5.02 Å². The van der Waals surface area contributed by atoms with Gasteiger partial charge in [0, 0.05) is 16.8 Å². The van der Waals surface area contributed by atoms with Crippen molar-refractivity contribution in [1.29, 1.82) is 0 Å². The first-order valence-electron chi connectivity index (χ1n) is 8.13. The number of benzene rings is 3. The molecule has 0 saturated carbocycles. The minimum atomic E-state index is -0.192. The molecule has 0 atom stereocenters. The van der Waals surface area contributed by atoms with Crippen LogP contribution in [0, 0.1) is 0 Å². The summed E-state index contributed by atoms with van der Waals surface area (Å²) in [5.41, 5.74) is 3.67. The van der Waals surface area contributed by atoms with Gasteiger partial charge in [0.1, 0.15) is 5.75 Å². The average Bonchev–Trinajstić information content (AvgIpc) is 2.68. The van der Waals surface area contributed by atoms with Crippen molar-refractivity contribution in [3.05, 3.63) is 89.5 Å². The van der Waals surface area contributed by atoms with Crippen LogP contribution in [0.3, 0.4) is 0 Å². The molecule has 0 saturated heterocycles. The lowest BCUT2D eigenvalue weighted by molar-refractivity contribution is -0.111. The number of amides is 1. The molecule has 0 aliphatic heterocycles. The molecule has 3 nitrogen and oxygen atoms in total. The molecule has 1 N–H and O–H groups in total. The Morgan fingerprint density at radius 3 is 2.38 bits per heavy atom. The van der Waals surface area contributed by atoms with Crippen molar-refractivity contribution in [2.75, 3.05) is 12.4 Å². The van der Waals surface area contributed by atoms with Gasteiger partial charge in [-0.3, -0.25) is 4.79 Å². The fourth-order valence-corrected chi connectivity index (χ4v) is 2.63. The van der Waals surface area contributed by atoms with Crippen molar-refractivity contribution in [3.63, 3.8) is 0 Å². The molecule has 0 radical (unpaired) electrons. The molecule has 130 valence electrons. The zero-order valence-corrected chi connectivity index (χ0v) is 15.0. The van der Waals surface area contributed by atoms with E-state index in [1.54, 1.807) is 25.3 Å². The van der Waals surface area contributed by atoms with Crippen LogP contribution >= 0.6 is 11.6 Å². The van der Waals surface area contributed by atoms with Gasteiger partial charge in [-0.25, -0.2) is 0 Å². The molecule has 0 fully saturated rings. The lowest BCUT2D eigenvalue weighted by Gasteiger charge is -2.07. The largest absolute Gasteiger partial charge is 0.497 e. The van der Waals surface area contributed by atoms with Crippen LogP contribution < -0.4 is 10.1 Å². The van der Waals surface area contributed by atoms with Gasteiger partial charge in [0.2, 0.25) is 5.91 Å². The minimum absolute atomic E-state index is 0.192. The highest BCUT2D eigenvalue weighted by molar-refractivity contribution is 6.30. The van der Waals surface area contributed by atoms with Crippen molar-refractivity contribution in [1.82, 2.24) is 0 Å². The Balaban J connectivity index is 1.71. The number of halogens is 1. The summed E-state index contributed by atoms with van der Waals surface area (Å²) < 4.78 is 5.27. The number of methoxy groups -OCH3 is 1. The normalized spacial score (nSPS) is 10.7. The van der Waals surface area contributed by atoms with E-state index in [1.807, 2.05) is 60.7 Å². The second-order valence-electron chi connectivity index (χ2n) is 5.69. The predicted octanol–water partition coefficient (Wildman–Crippen LogP) is 5.67. The number of anilines is 1. The van der Waals surface area contributed by atoms with Crippen LogP contribution in [-0.2, 0) is 4.79 Å². The smallest absolute Gasteiger partial charge is 0.248 e. The fraction of sp³-hybridized carbons (Fsp3) is 0.0455. The molecule has 0 spiro atoms. The summed E-state index contributed by atoms with van der Waals surface area (Å²) >= 11 is 5.85. The van der Waals surface area contributed by atoms with Gasteiger partial charge in [-0.2, -0.15) is 0 Å². The Kier molecular flexibility index (Phi) is 5.72. The van der Waals surface area contributed by atoms with E-state index < -0.39 is 0 Å². The lowest BCUT2D eigenvalue weighted by Crippen LogP contribution is -2.07. The third-order valence-electron chi connectivity index (χ3n) is 3.83. The first kappa shape index (κ1) is 17.8. The molecule has 0 aromatic heterocycles. The van der Waals surface area contributed by atoms with Crippen molar-refractivity contribution in [2.45, 2.75) is 0 Å². The predicted molar refractivity (Wildman–Crippen MR) is 108 cm³/mol. The molecule has 0 aliphatic rings. The third kappa shape index (κ3) is 4.74. The van der Waals surface area contributed by atoms with Crippen molar-refractivity contribution >= 4 is 29.3 Å². The van der Waals surface area contributed by atoms with E-state index in [9.17, 15) is 4.79 Å². The van der Waals surface area contributed by atoms with E-state index in [1.165, 1.54) is 6.08 Å². The summed E-state index contributed by atoms with van der Waals surface area (Å²) in [6, 6.07) is 22.8. The summed E-state index contributed by atoms with van der Waals surface area (Å²) in [5.74, 6) is 0.602. The topological polar surface area (TPSA) is 38.3 Å². The van der Waals surface area contributed by atoms with Gasteiger partial charge in [0.15, 0.2) is 0 Å². The quantitative estimate of drug-likeness (QED) is 0.593. The summed E-state index contributed by atoms with van der Waals surface area (Å²) in [4.78, 5) is 12.2. The van der Waals surface area contributed by atoms with Gasteiger partial charge in [0.25, 0.3) is 0 Å². The summed E-state index contributed by atoms with van der Waals surface area (Å²) in [7, 11) is 1.64. The summed E-state index contributed by atoms with van der Waals surface area (Å²) in [6.45, 7) is 0. The molecule has 0 bridgehead atoms. The molecule has 3 aromatic rings. The highest BCUT2D eigenvalue weighted by atomic mass is 35.5. The second kappa shape index (κ2) is 8.37. The van der Waals surface area contributed by atoms with E-state index in [2.05, 4.69) is 5.32 Å². The fourth-order valence-electron chi connectivity index (χ4n) is 2.51. The number of hydrogen-bond acceptors (Lipinski definition) is 2. The summed E-state index contributed by atoms with van der Waals surface area (Å²) in [5, 5.41) is 3.55. The van der Waals surface area contributed by atoms with Crippen LogP contribution in [0.25, 0.3) is 17.2 Å². The van der Waals surface area contributed by atoms with Gasteiger partial charge < -0.3 is 10.1 Å². The van der Waals surface area contributed by atoms with E-state index in [0.717, 1.165) is 28.1 Å². The van der Waals surface area contributed by atoms with Crippen molar-refractivity contribution in [2.24, 2.45) is 0 Å². The molecular weight excluding hydrogens is 346 g/mol. The standard InChI is InChI=1S/C22H18ClNO2/c1-26-21-7-3-5-18(15-21)17-4-2-6-20(14-17)24-22(25)13-10-16-8-11-19(23)12-9-16/h2-15H,1H3,(H,24,25). The van der Waals surface area contributed by atoms with Gasteiger partial charge in [-0.05, 0) is 59.2 Å². The zero-order valence-electron chi connectivity index (χ0n) is 14.3. The van der Waals surface area contributed by atoms with Crippen LogP contribution in [0.4, 0.5) is 5.69 Å². The maximum absolute atomic E-state index is 12.2. The Morgan fingerprint density at radius 1 is 0.962 bits per heavy atom. The number of carbonyl (C=O) groups excluding carboxylic acids is 1. The highest BCUT2D eigenvalue weighted by Gasteiger charge is 2.03. The molecule has 26 heavy (non-hydrogen) atoms. The van der Waals surface area contributed by atoms with Crippen molar-refractivity contribution < 1.29 is 9.53 Å². The number of nitrogens with one attached hydrogen (secondary N) is 1. The first-order chi connectivity index (χ1) is 12.6. The monoisotopic (exact) mass is 363 g/mol. The summed E-state index contributed by atoms with van der Waals surface area (Å²) in [6.07, 6.45) is 3.25. The molecule has 0 aliphatic carbocycles. The number of rotatable bonds is 5. The van der Waals surface area contributed by atoms with Gasteiger partial charge in [0.05, 0.1) is 7.11 Å². The van der Waals surface area contributed by atoms with Crippen LogP contribution in [0.15, 0.2) is 78.9 Å². The van der Waals surface area contributed by atoms with Crippen molar-refractivity contribution in [3.8, 4) is 16.9 Å². The Labute approximate surface area is 157 Å². The molecule has 1 amide bonds. The molecule has 3 aromatic carbocycles. The molecule has 0 unspecified atom stereocenters. The van der Waals surface area contributed by atoms with Gasteiger partial charge in [-0.1, -0.05) is 48.0 Å². The zero-order chi connectivity index (χ0) is 18.4.